The van der Waals surface area contributed by atoms with Crippen molar-refractivity contribution in [1.82, 2.24) is 10.6 Å². The molecule has 3 rings (SSSR count). The number of primary amides is 1. The van der Waals surface area contributed by atoms with Crippen LogP contribution in [-0.4, -0.2) is 19.0 Å². The second kappa shape index (κ2) is 6.48. The van der Waals surface area contributed by atoms with Crippen molar-refractivity contribution >= 4 is 5.91 Å². The molecule has 0 aromatic heterocycles. The number of carbonyl (C=O) groups excluding carboxylic acids is 1. The Morgan fingerprint density at radius 2 is 2.10 bits per heavy atom. The van der Waals surface area contributed by atoms with E-state index in [0.29, 0.717) is 12.3 Å². The molecule has 4 nitrogen and oxygen atoms in total. The standard InChI is InChI=1S/C17H24N3O/c18-17(21)14-6-7-15(12-4-2-1-3-5-12)20-16(14)13-8-10-19-11-9-13/h4,13,19-20H,1-3,5-6,8-11H2,(H2,18,21). The van der Waals surface area contributed by atoms with Crippen molar-refractivity contribution in [2.75, 3.05) is 13.1 Å². The highest BCUT2D eigenvalue weighted by Crippen LogP contribution is 2.31. The molecule has 2 aliphatic heterocycles. The molecule has 0 unspecified atom stereocenters. The molecule has 1 aliphatic carbocycles. The van der Waals surface area contributed by atoms with E-state index in [1.165, 1.54) is 18.4 Å². The molecule has 0 saturated carbocycles. The van der Waals surface area contributed by atoms with Crippen molar-refractivity contribution in [2.45, 2.75) is 44.9 Å². The summed E-state index contributed by atoms with van der Waals surface area (Å²) in [5.41, 5.74) is 9.80. The van der Waals surface area contributed by atoms with Crippen molar-refractivity contribution in [3.05, 3.63) is 34.7 Å². The van der Waals surface area contributed by atoms with Crippen LogP contribution in [0.5, 0.6) is 0 Å². The van der Waals surface area contributed by atoms with E-state index >= 15 is 0 Å². The fraction of sp³-hybridized carbons (Fsp3) is 0.588. The minimum atomic E-state index is -0.305. The molecule has 1 amide bonds. The molecule has 0 spiro atoms. The summed E-state index contributed by atoms with van der Waals surface area (Å²) < 4.78 is 0. The molecule has 4 N–H and O–H groups in total. The third-order valence-electron chi connectivity index (χ3n) is 4.68. The number of amides is 1. The number of nitrogens with two attached hydrogens (primary N) is 1. The Balaban J connectivity index is 1.82. The number of rotatable bonds is 3. The zero-order valence-corrected chi connectivity index (χ0v) is 12.5. The predicted octanol–water partition coefficient (Wildman–Crippen LogP) is 1.91. The van der Waals surface area contributed by atoms with E-state index in [4.69, 9.17) is 5.73 Å². The zero-order chi connectivity index (χ0) is 14.7. The summed E-state index contributed by atoms with van der Waals surface area (Å²) in [7, 11) is 0. The van der Waals surface area contributed by atoms with Gasteiger partial charge in [-0.1, -0.05) is 6.08 Å². The second-order valence-corrected chi connectivity index (χ2v) is 6.11. The molecule has 0 atom stereocenters. The van der Waals surface area contributed by atoms with Gasteiger partial charge in [-0.3, -0.25) is 4.79 Å². The highest BCUT2D eigenvalue weighted by molar-refractivity contribution is 5.93. The summed E-state index contributed by atoms with van der Waals surface area (Å²) in [6, 6.07) is 0. The normalized spacial score (nSPS) is 24.2. The molecular formula is C17H24N3O. The number of allylic oxidation sites excluding steroid dienone is 4. The molecule has 1 radical (unpaired) electrons. The van der Waals surface area contributed by atoms with E-state index in [9.17, 15) is 4.79 Å². The van der Waals surface area contributed by atoms with Gasteiger partial charge in [-0.2, -0.15) is 0 Å². The minimum absolute atomic E-state index is 0.305. The van der Waals surface area contributed by atoms with Gasteiger partial charge in [0.05, 0.1) is 0 Å². The van der Waals surface area contributed by atoms with Gasteiger partial charge in [-0.15, -0.1) is 0 Å². The van der Waals surface area contributed by atoms with Gasteiger partial charge in [0.1, 0.15) is 0 Å². The van der Waals surface area contributed by atoms with Crippen LogP contribution in [0.3, 0.4) is 0 Å². The first kappa shape index (κ1) is 14.4. The number of nitrogens with one attached hydrogen (secondary N) is 2. The SMILES string of the molecule is NC(=O)C1=C(C2CCNCC2)NC(C2=CCCCC2)=[C]C1. The molecule has 0 bridgehead atoms. The highest BCUT2D eigenvalue weighted by Gasteiger charge is 2.27. The van der Waals surface area contributed by atoms with Crippen molar-refractivity contribution in [2.24, 2.45) is 11.7 Å². The Morgan fingerprint density at radius 1 is 1.29 bits per heavy atom. The van der Waals surface area contributed by atoms with Crippen LogP contribution >= 0.6 is 0 Å². The van der Waals surface area contributed by atoms with Crippen LogP contribution in [0.4, 0.5) is 0 Å². The van der Waals surface area contributed by atoms with Crippen LogP contribution in [0, 0.1) is 12.0 Å². The van der Waals surface area contributed by atoms with Gasteiger partial charge in [-0.25, -0.2) is 0 Å². The third-order valence-corrected chi connectivity index (χ3v) is 4.68. The quantitative estimate of drug-likeness (QED) is 0.742. The van der Waals surface area contributed by atoms with Crippen LogP contribution in [0.2, 0.25) is 0 Å². The fourth-order valence-corrected chi connectivity index (χ4v) is 3.46. The molecule has 0 aromatic rings. The van der Waals surface area contributed by atoms with E-state index in [0.717, 1.165) is 55.7 Å². The Bertz CT molecular complexity index is 510. The van der Waals surface area contributed by atoms with E-state index in [1.54, 1.807) is 0 Å². The molecule has 21 heavy (non-hydrogen) atoms. The van der Waals surface area contributed by atoms with E-state index in [1.807, 2.05) is 0 Å². The number of dihydropyridines is 1. The summed E-state index contributed by atoms with van der Waals surface area (Å²) in [6.45, 7) is 2.01. The number of piperidine rings is 1. The van der Waals surface area contributed by atoms with Gasteiger partial charge in [0.2, 0.25) is 5.91 Å². The molecule has 4 heteroatoms. The Kier molecular flexibility index (Phi) is 4.44. The van der Waals surface area contributed by atoms with E-state index in [2.05, 4.69) is 22.8 Å². The lowest BCUT2D eigenvalue weighted by Gasteiger charge is -2.32. The Hall–Kier alpha value is -1.55. The maximum Gasteiger partial charge on any atom is 0.246 e. The lowest BCUT2D eigenvalue weighted by atomic mass is 9.86. The van der Waals surface area contributed by atoms with Gasteiger partial charge < -0.3 is 16.4 Å². The van der Waals surface area contributed by atoms with Crippen LogP contribution < -0.4 is 16.4 Å². The van der Waals surface area contributed by atoms with Gasteiger partial charge in [-0.05, 0) is 63.3 Å². The van der Waals surface area contributed by atoms with Gasteiger partial charge in [0, 0.05) is 29.3 Å². The minimum Gasteiger partial charge on any atom is -0.366 e. The molecule has 3 aliphatic rings. The van der Waals surface area contributed by atoms with Crippen LogP contribution in [0.25, 0.3) is 0 Å². The third kappa shape index (κ3) is 3.21. The van der Waals surface area contributed by atoms with Gasteiger partial charge >= 0.3 is 0 Å². The van der Waals surface area contributed by atoms with Crippen molar-refractivity contribution in [3.63, 3.8) is 0 Å². The monoisotopic (exact) mass is 286 g/mol. The average Bonchev–Trinajstić information content (AvgIpc) is 2.56. The summed E-state index contributed by atoms with van der Waals surface area (Å²) in [4.78, 5) is 11.7. The highest BCUT2D eigenvalue weighted by atomic mass is 16.1. The van der Waals surface area contributed by atoms with Crippen LogP contribution in [0.15, 0.2) is 28.6 Å². The Labute approximate surface area is 126 Å². The molecule has 0 aromatic carbocycles. The zero-order valence-electron chi connectivity index (χ0n) is 12.5. The van der Waals surface area contributed by atoms with Crippen LogP contribution in [0.1, 0.15) is 44.9 Å². The summed E-state index contributed by atoms with van der Waals surface area (Å²) >= 11 is 0. The lowest BCUT2D eigenvalue weighted by Crippen LogP contribution is -2.36. The molecule has 1 fully saturated rings. The number of hydrogen-bond donors (Lipinski definition) is 3. The van der Waals surface area contributed by atoms with Crippen molar-refractivity contribution in [3.8, 4) is 0 Å². The summed E-state index contributed by atoms with van der Waals surface area (Å²) in [6.07, 6.45) is 13.1. The number of carbonyl (C=O) groups is 1. The van der Waals surface area contributed by atoms with E-state index < -0.39 is 0 Å². The first-order chi connectivity index (χ1) is 10.3. The summed E-state index contributed by atoms with van der Waals surface area (Å²) in [5, 5.41) is 6.88. The first-order valence-electron chi connectivity index (χ1n) is 8.06. The maximum absolute atomic E-state index is 11.7. The maximum atomic E-state index is 11.7. The Morgan fingerprint density at radius 3 is 2.76 bits per heavy atom. The van der Waals surface area contributed by atoms with Gasteiger partial charge in [0.25, 0.3) is 0 Å². The van der Waals surface area contributed by atoms with E-state index in [-0.39, 0.29) is 5.91 Å². The lowest BCUT2D eigenvalue weighted by molar-refractivity contribution is -0.114. The first-order valence-corrected chi connectivity index (χ1v) is 8.06. The second-order valence-electron chi connectivity index (χ2n) is 6.11. The number of hydrogen-bond acceptors (Lipinski definition) is 3. The van der Waals surface area contributed by atoms with Crippen molar-refractivity contribution in [1.29, 1.82) is 0 Å². The molecule has 113 valence electrons. The topological polar surface area (TPSA) is 67.2 Å². The molecule has 1 saturated heterocycles. The molecular weight excluding hydrogens is 262 g/mol. The fourth-order valence-electron chi connectivity index (χ4n) is 3.46. The van der Waals surface area contributed by atoms with Crippen molar-refractivity contribution < 1.29 is 4.79 Å². The van der Waals surface area contributed by atoms with Gasteiger partial charge in [0.15, 0.2) is 0 Å². The average molecular weight is 286 g/mol. The smallest absolute Gasteiger partial charge is 0.246 e. The summed E-state index contributed by atoms with van der Waals surface area (Å²) in [5.74, 6) is 0.107. The largest absolute Gasteiger partial charge is 0.366 e. The predicted molar refractivity (Wildman–Crippen MR) is 82.9 cm³/mol. The van der Waals surface area contributed by atoms with Crippen LogP contribution in [-0.2, 0) is 4.79 Å². The molecule has 2 heterocycles.